The Morgan fingerprint density at radius 1 is 1.24 bits per heavy atom. The van der Waals surface area contributed by atoms with E-state index < -0.39 is 5.82 Å². The number of pyridine rings is 1. The lowest BCUT2D eigenvalue weighted by molar-refractivity contribution is -0.120. The summed E-state index contributed by atoms with van der Waals surface area (Å²) in [4.78, 5) is 28.8. The molecule has 1 amide bonds. The van der Waals surface area contributed by atoms with Gasteiger partial charge in [-0.25, -0.2) is 9.49 Å². The molecule has 4 rings (SSSR count). The Kier molecular flexibility index (Phi) is 5.17. The molecule has 8 nitrogen and oxygen atoms in total. The van der Waals surface area contributed by atoms with E-state index >= 15 is 0 Å². The van der Waals surface area contributed by atoms with Crippen LogP contribution >= 0.6 is 12.2 Å². The maximum atomic E-state index is 13.7. The summed E-state index contributed by atoms with van der Waals surface area (Å²) >= 11 is 5.26. The van der Waals surface area contributed by atoms with Crippen LogP contribution in [0.4, 0.5) is 4.39 Å². The van der Waals surface area contributed by atoms with E-state index in [0.717, 1.165) is 5.56 Å². The number of aromatic nitrogens is 5. The molecule has 0 radical (unpaired) electrons. The third-order valence-electron chi connectivity index (χ3n) is 4.57. The maximum Gasteiger partial charge on any atom is 0.262 e. The number of benzene rings is 1. The van der Waals surface area contributed by atoms with E-state index in [0.29, 0.717) is 35.6 Å². The largest absolute Gasteiger partial charge is 0.356 e. The number of nitrogens with one attached hydrogen (secondary N) is 2. The zero-order chi connectivity index (χ0) is 20.4. The van der Waals surface area contributed by atoms with Gasteiger partial charge in [0.2, 0.25) is 16.5 Å². The molecule has 1 aromatic carbocycles. The zero-order valence-corrected chi connectivity index (χ0v) is 16.1. The minimum absolute atomic E-state index is 0.115. The third kappa shape index (κ3) is 3.79. The molecule has 4 aromatic rings. The monoisotopic (exact) mass is 412 g/mol. The predicted molar refractivity (Wildman–Crippen MR) is 108 cm³/mol. The molecule has 0 aliphatic rings. The number of halogens is 1. The molecule has 0 atom stereocenters. The van der Waals surface area contributed by atoms with Crippen LogP contribution < -0.4 is 10.9 Å². The van der Waals surface area contributed by atoms with Crippen molar-refractivity contribution in [3.63, 3.8) is 0 Å². The Hall–Kier alpha value is -3.40. The Morgan fingerprint density at radius 2 is 2.03 bits per heavy atom. The van der Waals surface area contributed by atoms with Crippen molar-refractivity contribution in [2.24, 2.45) is 0 Å². The lowest BCUT2D eigenvalue weighted by atomic mass is 10.2. The average molecular weight is 412 g/mol. The standard InChI is InChI=1S/C19H17FN6O2S/c20-13-2-3-15-14(11-13)17(28)25(18-23-24-19(29)26(15)18)9-1-6-22-16(27)10-12-4-7-21-8-5-12/h2-5,7-8,11H,1,6,9-10H2,(H,22,27)(H,24,29). The number of nitrogens with zero attached hydrogens (tertiary/aromatic N) is 4. The van der Waals surface area contributed by atoms with Crippen LogP contribution in [0.3, 0.4) is 0 Å². The van der Waals surface area contributed by atoms with Gasteiger partial charge in [0.15, 0.2) is 0 Å². The van der Waals surface area contributed by atoms with Crippen LogP contribution in [0.25, 0.3) is 16.7 Å². The summed E-state index contributed by atoms with van der Waals surface area (Å²) in [7, 11) is 0. The summed E-state index contributed by atoms with van der Waals surface area (Å²) in [5.41, 5.74) is 1.01. The summed E-state index contributed by atoms with van der Waals surface area (Å²) in [6, 6.07) is 7.54. The van der Waals surface area contributed by atoms with E-state index in [-0.39, 0.29) is 23.3 Å². The zero-order valence-electron chi connectivity index (χ0n) is 15.3. The molecular formula is C19H17FN6O2S. The van der Waals surface area contributed by atoms with E-state index in [1.54, 1.807) is 28.9 Å². The van der Waals surface area contributed by atoms with Gasteiger partial charge in [-0.1, -0.05) is 0 Å². The quantitative estimate of drug-likeness (QED) is 0.373. The second-order valence-electron chi connectivity index (χ2n) is 6.52. The first kappa shape index (κ1) is 18.9. The molecule has 29 heavy (non-hydrogen) atoms. The molecule has 0 spiro atoms. The first-order chi connectivity index (χ1) is 14.0. The van der Waals surface area contributed by atoms with Crippen molar-refractivity contribution in [1.29, 1.82) is 0 Å². The number of amides is 1. The number of carbonyl (C=O) groups excluding carboxylic acids is 1. The van der Waals surface area contributed by atoms with Gasteiger partial charge in [0, 0.05) is 25.5 Å². The molecule has 3 aromatic heterocycles. The maximum absolute atomic E-state index is 13.7. The van der Waals surface area contributed by atoms with Crippen molar-refractivity contribution < 1.29 is 9.18 Å². The molecule has 0 aliphatic carbocycles. The van der Waals surface area contributed by atoms with Gasteiger partial charge in [-0.2, -0.15) is 0 Å². The molecule has 10 heteroatoms. The van der Waals surface area contributed by atoms with Crippen LogP contribution in [0, 0.1) is 10.6 Å². The second kappa shape index (κ2) is 7.92. The summed E-state index contributed by atoms with van der Waals surface area (Å²) < 4.78 is 17.0. The van der Waals surface area contributed by atoms with Crippen molar-refractivity contribution in [3.8, 4) is 0 Å². The molecule has 148 valence electrons. The highest BCUT2D eigenvalue weighted by Gasteiger charge is 2.14. The van der Waals surface area contributed by atoms with Crippen LogP contribution in [-0.2, 0) is 17.8 Å². The van der Waals surface area contributed by atoms with Gasteiger partial charge in [0.25, 0.3) is 5.56 Å². The van der Waals surface area contributed by atoms with Crippen molar-refractivity contribution in [2.75, 3.05) is 6.54 Å². The van der Waals surface area contributed by atoms with Gasteiger partial charge < -0.3 is 5.32 Å². The van der Waals surface area contributed by atoms with E-state index in [4.69, 9.17) is 12.2 Å². The van der Waals surface area contributed by atoms with Crippen molar-refractivity contribution in [3.05, 3.63) is 69.2 Å². The number of fused-ring (bicyclic) bond motifs is 3. The number of rotatable bonds is 6. The number of hydrogen-bond donors (Lipinski definition) is 2. The summed E-state index contributed by atoms with van der Waals surface area (Å²) in [5.74, 6) is -0.266. The normalized spacial score (nSPS) is 11.2. The average Bonchev–Trinajstić information content (AvgIpc) is 3.09. The molecule has 0 bridgehead atoms. The third-order valence-corrected chi connectivity index (χ3v) is 4.84. The number of aromatic amines is 1. The lowest BCUT2D eigenvalue weighted by Crippen LogP contribution is -2.29. The molecule has 3 heterocycles. The van der Waals surface area contributed by atoms with E-state index in [1.807, 2.05) is 0 Å². The minimum atomic E-state index is -0.501. The van der Waals surface area contributed by atoms with Crippen molar-refractivity contribution in [1.82, 2.24) is 29.5 Å². The highest BCUT2D eigenvalue weighted by atomic mass is 32.1. The van der Waals surface area contributed by atoms with Crippen LogP contribution in [0.2, 0.25) is 0 Å². The first-order valence-electron chi connectivity index (χ1n) is 8.99. The minimum Gasteiger partial charge on any atom is -0.356 e. The Morgan fingerprint density at radius 3 is 2.83 bits per heavy atom. The fourth-order valence-electron chi connectivity index (χ4n) is 3.21. The first-order valence-corrected chi connectivity index (χ1v) is 9.40. The smallest absolute Gasteiger partial charge is 0.262 e. The van der Waals surface area contributed by atoms with Gasteiger partial charge in [0.05, 0.1) is 17.3 Å². The van der Waals surface area contributed by atoms with Gasteiger partial charge in [-0.3, -0.25) is 23.5 Å². The topological polar surface area (TPSA) is 97.1 Å². The Labute approximate surface area is 169 Å². The van der Waals surface area contributed by atoms with E-state index in [1.165, 1.54) is 22.8 Å². The summed E-state index contributed by atoms with van der Waals surface area (Å²) in [5, 5.41) is 9.87. The SMILES string of the molecule is O=C(Cc1ccncc1)NCCCn1c(=O)c2cc(F)ccc2n2c(=S)[nH]nc12. The molecular weight excluding hydrogens is 395 g/mol. The highest BCUT2D eigenvalue weighted by molar-refractivity contribution is 7.71. The number of carbonyl (C=O) groups is 1. The van der Waals surface area contributed by atoms with Gasteiger partial charge in [-0.05, 0) is 54.5 Å². The number of H-pyrrole nitrogens is 1. The van der Waals surface area contributed by atoms with Crippen molar-refractivity contribution >= 4 is 34.8 Å². The molecule has 0 aliphatic heterocycles. The van der Waals surface area contributed by atoms with Crippen LogP contribution in [-0.4, -0.2) is 36.6 Å². The van der Waals surface area contributed by atoms with Crippen LogP contribution in [0.5, 0.6) is 0 Å². The molecule has 0 saturated carbocycles. The summed E-state index contributed by atoms with van der Waals surface area (Å²) in [6.07, 6.45) is 4.03. The van der Waals surface area contributed by atoms with E-state index in [9.17, 15) is 14.0 Å². The summed E-state index contributed by atoms with van der Waals surface area (Å²) in [6.45, 7) is 0.679. The van der Waals surface area contributed by atoms with E-state index in [2.05, 4.69) is 20.5 Å². The predicted octanol–water partition coefficient (Wildman–Crippen LogP) is 1.99. The lowest BCUT2D eigenvalue weighted by Gasteiger charge is -2.11. The van der Waals surface area contributed by atoms with Crippen LogP contribution in [0.15, 0.2) is 47.5 Å². The Bertz CT molecular complexity index is 1310. The number of hydrogen-bond acceptors (Lipinski definition) is 5. The molecule has 0 saturated heterocycles. The fourth-order valence-corrected chi connectivity index (χ4v) is 3.44. The second-order valence-corrected chi connectivity index (χ2v) is 6.90. The van der Waals surface area contributed by atoms with Gasteiger partial charge in [0.1, 0.15) is 5.82 Å². The highest BCUT2D eigenvalue weighted by Crippen LogP contribution is 2.15. The van der Waals surface area contributed by atoms with Gasteiger partial charge in [-0.15, -0.1) is 5.10 Å². The number of aryl methyl sites for hydroxylation is 1. The fraction of sp³-hybridized carbons (Fsp3) is 0.211. The van der Waals surface area contributed by atoms with Crippen LogP contribution in [0.1, 0.15) is 12.0 Å². The molecule has 0 unspecified atom stereocenters. The van der Waals surface area contributed by atoms with Crippen molar-refractivity contribution in [2.45, 2.75) is 19.4 Å². The Balaban J connectivity index is 1.52. The molecule has 0 fully saturated rings. The molecule has 2 N–H and O–H groups in total. The van der Waals surface area contributed by atoms with Gasteiger partial charge >= 0.3 is 0 Å².